The molecule has 0 saturated heterocycles. The molecule has 0 atom stereocenters. The maximum Gasteiger partial charge on any atom is 0.340 e. The van der Waals surface area contributed by atoms with Gasteiger partial charge in [0.1, 0.15) is 16.6 Å². The lowest BCUT2D eigenvalue weighted by Gasteiger charge is -2.14. The Balaban J connectivity index is 1.89. The highest BCUT2D eigenvalue weighted by Crippen LogP contribution is 2.34. The lowest BCUT2D eigenvalue weighted by atomic mass is 10.1. The van der Waals surface area contributed by atoms with E-state index in [4.69, 9.17) is 30.2 Å². The van der Waals surface area contributed by atoms with Gasteiger partial charge in [-0.15, -0.1) is 5.10 Å². The molecular formula is C17H14ClN3O6S. The van der Waals surface area contributed by atoms with Crippen LogP contribution in [-0.4, -0.2) is 35.7 Å². The van der Waals surface area contributed by atoms with E-state index >= 15 is 0 Å². The first-order valence-electron chi connectivity index (χ1n) is 7.78. The van der Waals surface area contributed by atoms with Crippen LogP contribution in [0.5, 0.6) is 11.5 Å². The van der Waals surface area contributed by atoms with Crippen molar-refractivity contribution in [2.45, 2.75) is 6.61 Å². The summed E-state index contributed by atoms with van der Waals surface area (Å²) in [7, 11) is 2.86. The highest BCUT2D eigenvalue weighted by atomic mass is 35.5. The fourth-order valence-electron chi connectivity index (χ4n) is 2.24. The van der Waals surface area contributed by atoms with Gasteiger partial charge in [0.25, 0.3) is 5.91 Å². The summed E-state index contributed by atoms with van der Waals surface area (Å²) in [5.41, 5.74) is 0.546. The molecule has 0 unspecified atom stereocenters. The van der Waals surface area contributed by atoms with Gasteiger partial charge in [0.2, 0.25) is 0 Å². The Morgan fingerprint density at radius 3 is 2.61 bits per heavy atom. The summed E-state index contributed by atoms with van der Waals surface area (Å²) in [6.07, 6.45) is 1.37. The lowest BCUT2D eigenvalue weighted by molar-refractivity contribution is 0.0468. The van der Waals surface area contributed by atoms with Crippen LogP contribution >= 0.6 is 23.1 Å². The summed E-state index contributed by atoms with van der Waals surface area (Å²) >= 11 is 6.89. The van der Waals surface area contributed by atoms with Crippen LogP contribution in [0.4, 0.5) is 5.69 Å². The van der Waals surface area contributed by atoms with Crippen molar-refractivity contribution >= 4 is 40.7 Å². The van der Waals surface area contributed by atoms with Crippen LogP contribution in [0.3, 0.4) is 0 Å². The monoisotopic (exact) mass is 423 g/mol. The summed E-state index contributed by atoms with van der Waals surface area (Å²) in [4.78, 5) is 25.0. The van der Waals surface area contributed by atoms with Crippen molar-refractivity contribution in [1.82, 2.24) is 9.59 Å². The number of nitrogens with zero attached hydrogens (tertiary/aromatic N) is 2. The van der Waals surface area contributed by atoms with Gasteiger partial charge in [-0.25, -0.2) is 4.79 Å². The van der Waals surface area contributed by atoms with E-state index in [1.54, 1.807) is 6.07 Å². The van der Waals surface area contributed by atoms with Crippen LogP contribution in [0.1, 0.15) is 26.6 Å². The van der Waals surface area contributed by atoms with Crippen molar-refractivity contribution in [3.8, 4) is 11.5 Å². The molecule has 146 valence electrons. The highest BCUT2D eigenvalue weighted by Gasteiger charge is 2.21. The van der Waals surface area contributed by atoms with E-state index in [-0.39, 0.29) is 23.6 Å². The van der Waals surface area contributed by atoms with Gasteiger partial charge in [0, 0.05) is 23.7 Å². The average molecular weight is 424 g/mol. The Morgan fingerprint density at radius 2 is 2.00 bits per heavy atom. The minimum absolute atomic E-state index is 0.0527. The summed E-state index contributed by atoms with van der Waals surface area (Å²) < 4.78 is 24.8. The second kappa shape index (κ2) is 8.72. The number of rotatable bonds is 7. The Labute approximate surface area is 168 Å². The number of carbonyl (C=O) groups is 2. The quantitative estimate of drug-likeness (QED) is 0.575. The fraction of sp³-hybridized carbons (Fsp3) is 0.176. The van der Waals surface area contributed by atoms with Crippen molar-refractivity contribution < 1.29 is 28.2 Å². The number of amides is 1. The summed E-state index contributed by atoms with van der Waals surface area (Å²) in [6.45, 7) is -0.173. The topological polar surface area (TPSA) is 113 Å². The van der Waals surface area contributed by atoms with Crippen molar-refractivity contribution in [2.24, 2.45) is 0 Å². The molecule has 1 N–H and O–H groups in total. The zero-order valence-electron chi connectivity index (χ0n) is 14.7. The number of aromatic nitrogens is 2. The van der Waals surface area contributed by atoms with Gasteiger partial charge in [-0.1, -0.05) is 16.1 Å². The first-order chi connectivity index (χ1) is 13.5. The molecule has 1 aromatic carbocycles. The number of benzene rings is 1. The molecule has 11 heteroatoms. The zero-order valence-corrected chi connectivity index (χ0v) is 16.3. The van der Waals surface area contributed by atoms with Crippen molar-refractivity contribution in [2.75, 3.05) is 19.5 Å². The molecule has 0 saturated carbocycles. The SMILES string of the molecule is COc1cc(NC(=O)c2ccco2)c(C(=O)OCc2nnsc2Cl)cc1OC. The number of anilines is 1. The molecule has 28 heavy (non-hydrogen) atoms. The minimum Gasteiger partial charge on any atom is -0.493 e. The average Bonchev–Trinajstić information content (AvgIpc) is 3.37. The second-order valence-electron chi connectivity index (χ2n) is 5.25. The third-order valence-electron chi connectivity index (χ3n) is 3.59. The molecule has 9 nitrogen and oxygen atoms in total. The number of methoxy groups -OCH3 is 2. The fourth-order valence-corrected chi connectivity index (χ4v) is 2.84. The van der Waals surface area contributed by atoms with E-state index < -0.39 is 11.9 Å². The largest absolute Gasteiger partial charge is 0.493 e. The first kappa shape index (κ1) is 19.6. The van der Waals surface area contributed by atoms with E-state index in [1.807, 2.05) is 0 Å². The number of hydrogen-bond donors (Lipinski definition) is 1. The van der Waals surface area contributed by atoms with Crippen LogP contribution in [0.2, 0.25) is 4.34 Å². The van der Waals surface area contributed by atoms with E-state index in [9.17, 15) is 9.59 Å². The van der Waals surface area contributed by atoms with Gasteiger partial charge in [-0.3, -0.25) is 4.79 Å². The van der Waals surface area contributed by atoms with Crippen LogP contribution in [-0.2, 0) is 11.3 Å². The Kier molecular flexibility index (Phi) is 6.12. The number of furan rings is 1. The Bertz CT molecular complexity index is 989. The molecule has 0 aliphatic carbocycles. The molecular weight excluding hydrogens is 410 g/mol. The highest BCUT2D eigenvalue weighted by molar-refractivity contribution is 7.10. The van der Waals surface area contributed by atoms with E-state index in [1.165, 1.54) is 38.7 Å². The van der Waals surface area contributed by atoms with Crippen LogP contribution < -0.4 is 14.8 Å². The molecule has 3 aromatic rings. The smallest absolute Gasteiger partial charge is 0.340 e. The van der Waals surface area contributed by atoms with E-state index in [0.29, 0.717) is 21.5 Å². The molecule has 3 rings (SSSR count). The number of carbonyl (C=O) groups excluding carboxylic acids is 2. The standard InChI is InChI=1S/C17H14ClN3O6S/c1-24-13-6-9(17(23)27-8-11-15(18)28-21-20-11)10(7-14(13)25-2)19-16(22)12-4-3-5-26-12/h3-7H,8H2,1-2H3,(H,19,22). The van der Waals surface area contributed by atoms with Gasteiger partial charge >= 0.3 is 5.97 Å². The van der Waals surface area contributed by atoms with E-state index in [0.717, 1.165) is 11.5 Å². The van der Waals surface area contributed by atoms with Crippen LogP contribution in [0.15, 0.2) is 34.9 Å². The van der Waals surface area contributed by atoms with Gasteiger partial charge in [0.05, 0.1) is 31.7 Å². The number of halogens is 1. The molecule has 0 spiro atoms. The zero-order chi connectivity index (χ0) is 20.1. The third kappa shape index (κ3) is 4.24. The maximum absolute atomic E-state index is 12.6. The molecule has 0 bridgehead atoms. The molecule has 1 amide bonds. The molecule has 0 aliphatic rings. The molecule has 2 aromatic heterocycles. The Morgan fingerprint density at radius 1 is 1.25 bits per heavy atom. The Hall–Kier alpha value is -3.11. The number of hydrogen-bond acceptors (Lipinski definition) is 9. The summed E-state index contributed by atoms with van der Waals surface area (Å²) in [6, 6.07) is 5.92. The minimum atomic E-state index is -0.722. The van der Waals surface area contributed by atoms with Crippen LogP contribution in [0.25, 0.3) is 0 Å². The summed E-state index contributed by atoms with van der Waals surface area (Å²) in [5, 5.41) is 6.38. The number of ether oxygens (including phenoxy) is 3. The van der Waals surface area contributed by atoms with Gasteiger partial charge < -0.3 is 23.9 Å². The number of nitrogens with one attached hydrogen (secondary N) is 1. The molecule has 0 fully saturated rings. The van der Waals surface area contributed by atoms with Gasteiger partial charge in [0.15, 0.2) is 17.3 Å². The van der Waals surface area contributed by atoms with Crippen LogP contribution in [0, 0.1) is 0 Å². The van der Waals surface area contributed by atoms with Gasteiger partial charge in [-0.05, 0) is 12.1 Å². The lowest BCUT2D eigenvalue weighted by Crippen LogP contribution is -2.16. The predicted molar refractivity (Wildman–Crippen MR) is 100 cm³/mol. The summed E-state index contributed by atoms with van der Waals surface area (Å²) in [5.74, 6) is -0.577. The van der Waals surface area contributed by atoms with Gasteiger partial charge in [-0.2, -0.15) is 0 Å². The van der Waals surface area contributed by atoms with Crippen molar-refractivity contribution in [3.63, 3.8) is 0 Å². The third-order valence-corrected chi connectivity index (χ3v) is 4.57. The normalized spacial score (nSPS) is 10.4. The van der Waals surface area contributed by atoms with Crippen molar-refractivity contribution in [1.29, 1.82) is 0 Å². The van der Waals surface area contributed by atoms with Crippen molar-refractivity contribution in [3.05, 3.63) is 51.9 Å². The first-order valence-corrected chi connectivity index (χ1v) is 8.93. The molecule has 0 aliphatic heterocycles. The second-order valence-corrected chi connectivity index (χ2v) is 6.61. The maximum atomic E-state index is 12.6. The molecule has 2 heterocycles. The number of esters is 1. The van der Waals surface area contributed by atoms with E-state index in [2.05, 4.69) is 14.9 Å². The molecule has 0 radical (unpaired) electrons. The predicted octanol–water partition coefficient (Wildman–Crippen LogP) is 3.41.